The highest BCUT2D eigenvalue weighted by Crippen LogP contribution is 2.52. The van der Waals surface area contributed by atoms with Gasteiger partial charge in [-0.05, 0) is 62.2 Å². The minimum atomic E-state index is -0.115. The quantitative estimate of drug-likeness (QED) is 0.223. The van der Waals surface area contributed by atoms with Gasteiger partial charge in [-0.1, -0.05) is 48.5 Å². The second-order valence-corrected chi connectivity index (χ2v) is 7.88. The standard InChI is InChI=1S/C30H10N6/c1-33-18-10-12-20-19-11-9-17(13-23(19)28(24(20)14-18)25(15-31)34-2)27-29(26(16-32)35-3)21-7-5-6-8-22(21)30(27)36-4/h5-14H/b28-25-,29-26-. The summed E-state index contributed by atoms with van der Waals surface area (Å²) in [7, 11) is 0. The molecule has 5 rings (SSSR count). The van der Waals surface area contributed by atoms with E-state index in [0.29, 0.717) is 55.9 Å². The van der Waals surface area contributed by atoms with Crippen molar-refractivity contribution in [3.05, 3.63) is 146 Å². The highest BCUT2D eigenvalue weighted by molar-refractivity contribution is 6.24. The third kappa shape index (κ3) is 2.92. The molecule has 0 aromatic heterocycles. The highest BCUT2D eigenvalue weighted by Gasteiger charge is 2.32. The molecule has 0 aliphatic heterocycles. The molecule has 0 saturated heterocycles. The average molecular weight is 454 g/mol. The van der Waals surface area contributed by atoms with Gasteiger partial charge in [0.15, 0.2) is 5.69 Å². The lowest BCUT2D eigenvalue weighted by atomic mass is 9.92. The molecule has 0 atom stereocenters. The van der Waals surface area contributed by atoms with Crippen LogP contribution in [0.25, 0.3) is 52.9 Å². The summed E-state index contributed by atoms with van der Waals surface area (Å²) in [4.78, 5) is 14.1. The van der Waals surface area contributed by atoms with Gasteiger partial charge in [0, 0.05) is 5.57 Å². The van der Waals surface area contributed by atoms with Crippen molar-refractivity contribution in [1.29, 1.82) is 10.5 Å². The molecule has 0 N–H and O–H groups in total. The smallest absolute Gasteiger partial charge is 0.238 e. The first-order chi connectivity index (χ1) is 17.6. The third-order valence-corrected chi connectivity index (χ3v) is 6.23. The maximum atomic E-state index is 9.71. The third-order valence-electron chi connectivity index (χ3n) is 6.23. The fourth-order valence-electron chi connectivity index (χ4n) is 4.80. The molecule has 0 spiro atoms. The van der Waals surface area contributed by atoms with Crippen LogP contribution < -0.4 is 0 Å². The molecule has 6 nitrogen and oxygen atoms in total. The van der Waals surface area contributed by atoms with Gasteiger partial charge in [0.1, 0.15) is 0 Å². The summed E-state index contributed by atoms with van der Waals surface area (Å²) in [6.45, 7) is 30.4. The van der Waals surface area contributed by atoms with Crippen LogP contribution in [-0.2, 0) is 0 Å². The molecule has 3 aromatic rings. The molecule has 0 fully saturated rings. The molecule has 0 heterocycles. The number of nitrogens with zero attached hydrogens (tertiary/aromatic N) is 6. The maximum absolute atomic E-state index is 9.71. The Bertz CT molecular complexity index is 1860. The van der Waals surface area contributed by atoms with Crippen LogP contribution in [0.5, 0.6) is 0 Å². The Hall–Kier alpha value is -6.18. The molecule has 36 heavy (non-hydrogen) atoms. The Labute approximate surface area is 207 Å². The van der Waals surface area contributed by atoms with Crippen molar-refractivity contribution in [1.82, 2.24) is 0 Å². The number of fused-ring (bicyclic) bond motifs is 4. The van der Waals surface area contributed by atoms with Gasteiger partial charge < -0.3 is 0 Å². The summed E-state index contributed by atoms with van der Waals surface area (Å²) in [5, 5.41) is 19.4. The van der Waals surface area contributed by atoms with E-state index < -0.39 is 0 Å². The van der Waals surface area contributed by atoms with Crippen LogP contribution in [0.2, 0.25) is 0 Å². The van der Waals surface area contributed by atoms with E-state index in [4.69, 9.17) is 26.3 Å². The van der Waals surface area contributed by atoms with Crippen molar-refractivity contribution in [2.75, 3.05) is 0 Å². The Morgan fingerprint density at radius 1 is 0.611 bits per heavy atom. The van der Waals surface area contributed by atoms with Gasteiger partial charge in [-0.25, -0.2) is 29.9 Å². The lowest BCUT2D eigenvalue weighted by molar-refractivity contribution is 1.49. The summed E-state index contributed by atoms with van der Waals surface area (Å²) in [6, 6.07) is 21.8. The average Bonchev–Trinajstić information content (AvgIpc) is 3.42. The van der Waals surface area contributed by atoms with Gasteiger partial charge in [-0.2, -0.15) is 0 Å². The number of hydrogen-bond acceptors (Lipinski definition) is 2. The van der Waals surface area contributed by atoms with Gasteiger partial charge in [0.25, 0.3) is 11.4 Å². The topological polar surface area (TPSA) is 65.0 Å². The largest absolute Gasteiger partial charge is 0.270 e. The van der Waals surface area contributed by atoms with Crippen molar-refractivity contribution < 1.29 is 0 Å². The zero-order valence-corrected chi connectivity index (χ0v) is 18.5. The first-order valence-corrected chi connectivity index (χ1v) is 10.5. The summed E-state index contributed by atoms with van der Waals surface area (Å²) < 4.78 is 0. The predicted molar refractivity (Wildman–Crippen MR) is 135 cm³/mol. The van der Waals surface area contributed by atoms with Gasteiger partial charge in [-0.15, -0.1) is 0 Å². The highest BCUT2D eigenvalue weighted by atomic mass is 14.7. The predicted octanol–water partition coefficient (Wildman–Crippen LogP) is 7.38. The minimum absolute atomic E-state index is 0.0991. The lowest BCUT2D eigenvalue weighted by Gasteiger charge is -2.12. The molecule has 0 saturated carbocycles. The maximum Gasteiger partial charge on any atom is 0.270 e. The van der Waals surface area contributed by atoms with E-state index in [1.165, 1.54) is 0 Å². The molecule has 0 radical (unpaired) electrons. The molecule has 0 amide bonds. The number of rotatable bonds is 1. The summed E-state index contributed by atoms with van der Waals surface area (Å²) in [6.07, 6.45) is 0. The summed E-state index contributed by atoms with van der Waals surface area (Å²) >= 11 is 0. The molecule has 3 aromatic carbocycles. The van der Waals surface area contributed by atoms with Gasteiger partial charge >= 0.3 is 0 Å². The van der Waals surface area contributed by atoms with Crippen LogP contribution in [0, 0.1) is 49.0 Å². The van der Waals surface area contributed by atoms with Gasteiger partial charge in [0.05, 0.1) is 38.4 Å². The van der Waals surface area contributed by atoms with E-state index in [1.807, 2.05) is 24.3 Å². The van der Waals surface area contributed by atoms with Gasteiger partial charge in [-0.3, -0.25) is 0 Å². The number of allylic oxidation sites excluding steroid dienone is 4. The van der Waals surface area contributed by atoms with E-state index in [1.54, 1.807) is 48.5 Å². The first kappa shape index (κ1) is 21.7. The fourth-order valence-corrected chi connectivity index (χ4v) is 4.80. The molecular formula is C30H10N6. The Balaban J connectivity index is 1.86. The van der Waals surface area contributed by atoms with Crippen molar-refractivity contribution in [2.24, 2.45) is 0 Å². The normalized spacial score (nSPS) is 15.1. The monoisotopic (exact) mass is 454 g/mol. The van der Waals surface area contributed by atoms with E-state index in [0.717, 1.165) is 11.1 Å². The second-order valence-electron chi connectivity index (χ2n) is 7.88. The molecule has 2 aliphatic carbocycles. The second kappa shape index (κ2) is 8.31. The van der Waals surface area contributed by atoms with Crippen LogP contribution in [0.4, 0.5) is 5.69 Å². The lowest BCUT2D eigenvalue weighted by Crippen LogP contribution is -1.92. The van der Waals surface area contributed by atoms with Crippen molar-refractivity contribution in [2.45, 2.75) is 0 Å². The number of benzene rings is 3. The van der Waals surface area contributed by atoms with Crippen LogP contribution >= 0.6 is 0 Å². The number of nitriles is 2. The molecule has 160 valence electrons. The molecule has 6 heteroatoms. The van der Waals surface area contributed by atoms with Crippen molar-refractivity contribution >= 4 is 28.1 Å². The van der Waals surface area contributed by atoms with E-state index in [9.17, 15) is 10.5 Å². The molecule has 0 unspecified atom stereocenters. The Morgan fingerprint density at radius 2 is 1.22 bits per heavy atom. The molecular weight excluding hydrogens is 444 g/mol. The first-order valence-electron chi connectivity index (χ1n) is 10.5. The van der Waals surface area contributed by atoms with E-state index >= 15 is 0 Å². The zero-order valence-electron chi connectivity index (χ0n) is 18.5. The van der Waals surface area contributed by atoms with Crippen LogP contribution in [0.1, 0.15) is 27.8 Å². The van der Waals surface area contributed by atoms with Crippen molar-refractivity contribution in [3.63, 3.8) is 0 Å². The van der Waals surface area contributed by atoms with Crippen LogP contribution in [-0.4, -0.2) is 0 Å². The summed E-state index contributed by atoms with van der Waals surface area (Å²) in [5.74, 6) is 0. The zero-order chi connectivity index (χ0) is 25.4. The Kier molecular flexibility index (Phi) is 5.00. The molecule has 0 bridgehead atoms. The SMILES string of the molecule is [C-]#[N+]C1=C(c2ccc3c(c2)/C(=C(\C#N)[N+]#[C-])c2cc([N+]#[C-])ccc2-3)/C(=C(/C#N)[N+]#[C-])c2ccccc21. The number of hydrogen-bond donors (Lipinski definition) is 0. The van der Waals surface area contributed by atoms with Crippen LogP contribution in [0.15, 0.2) is 72.1 Å². The molecule has 2 aliphatic rings. The summed E-state index contributed by atoms with van der Waals surface area (Å²) in [5.41, 5.74) is 6.57. The van der Waals surface area contributed by atoms with Gasteiger partial charge in [0.2, 0.25) is 5.70 Å². The fraction of sp³-hybridized carbons (Fsp3) is 0. The van der Waals surface area contributed by atoms with Crippen LogP contribution in [0.3, 0.4) is 0 Å². The van der Waals surface area contributed by atoms with E-state index in [-0.39, 0.29) is 11.4 Å². The Morgan fingerprint density at radius 3 is 1.83 bits per heavy atom. The van der Waals surface area contributed by atoms with Crippen molar-refractivity contribution in [3.8, 4) is 23.3 Å². The minimum Gasteiger partial charge on any atom is -0.238 e. The van der Waals surface area contributed by atoms with E-state index in [2.05, 4.69) is 19.4 Å².